The quantitative estimate of drug-likeness (QED) is 0.835. The van der Waals surface area contributed by atoms with E-state index in [1.165, 1.54) is 42.5 Å². The Labute approximate surface area is 109 Å². The Balaban J connectivity index is 2.36. The Kier molecular flexibility index (Phi) is 3.58. The van der Waals surface area contributed by atoms with E-state index in [2.05, 4.69) is 4.98 Å². The number of halogens is 2. The zero-order valence-electron chi connectivity index (χ0n) is 9.60. The lowest BCUT2D eigenvalue weighted by molar-refractivity contribution is 0.0992. The maximum atomic E-state index is 13.6. The minimum atomic E-state index is -0.464. The van der Waals surface area contributed by atoms with E-state index in [1.54, 1.807) is 12.1 Å². The van der Waals surface area contributed by atoms with Crippen molar-refractivity contribution in [1.29, 1.82) is 0 Å². The Hall–Kier alpha value is -1.94. The highest BCUT2D eigenvalue weighted by Gasteiger charge is 2.18. The smallest absolute Gasteiger partial charge is 0.261 e. The zero-order valence-corrected chi connectivity index (χ0v) is 10.4. The molecule has 2 aromatic rings. The average molecular weight is 265 g/mol. The highest BCUT2D eigenvalue weighted by molar-refractivity contribution is 6.34. The van der Waals surface area contributed by atoms with Crippen molar-refractivity contribution in [2.75, 3.05) is 11.9 Å². The molecule has 0 bridgehead atoms. The molecule has 18 heavy (non-hydrogen) atoms. The number of carbonyl (C=O) groups excluding carboxylic acids is 1. The van der Waals surface area contributed by atoms with Crippen LogP contribution in [0.15, 0.2) is 42.7 Å². The molecule has 0 aliphatic heterocycles. The predicted molar refractivity (Wildman–Crippen MR) is 68.4 cm³/mol. The number of pyridine rings is 1. The van der Waals surface area contributed by atoms with Gasteiger partial charge in [0.1, 0.15) is 5.82 Å². The minimum absolute atomic E-state index is 0.197. The molecule has 1 aromatic carbocycles. The first-order valence-electron chi connectivity index (χ1n) is 5.23. The lowest BCUT2D eigenvalue weighted by Gasteiger charge is -2.18. The summed E-state index contributed by atoms with van der Waals surface area (Å²) < 4.78 is 13.6. The lowest BCUT2D eigenvalue weighted by atomic mass is 10.2. The molecule has 0 N–H and O–H groups in total. The number of hydrogen-bond acceptors (Lipinski definition) is 2. The Morgan fingerprint density at radius 2 is 2.06 bits per heavy atom. The molecule has 1 amide bonds. The molecule has 0 radical (unpaired) electrons. The Bertz CT molecular complexity index is 589. The van der Waals surface area contributed by atoms with Gasteiger partial charge in [-0.1, -0.05) is 23.7 Å². The summed E-state index contributed by atoms with van der Waals surface area (Å²) in [6, 6.07) is 7.56. The number of amides is 1. The van der Waals surface area contributed by atoms with Crippen LogP contribution in [0.4, 0.5) is 10.1 Å². The van der Waals surface area contributed by atoms with Gasteiger partial charge in [-0.2, -0.15) is 0 Å². The van der Waals surface area contributed by atoms with Gasteiger partial charge in [0.15, 0.2) is 0 Å². The van der Waals surface area contributed by atoms with E-state index in [4.69, 9.17) is 11.6 Å². The van der Waals surface area contributed by atoms with Gasteiger partial charge < -0.3 is 4.90 Å². The maximum Gasteiger partial charge on any atom is 0.261 e. The second kappa shape index (κ2) is 5.14. The van der Waals surface area contributed by atoms with E-state index < -0.39 is 11.7 Å². The van der Waals surface area contributed by atoms with Crippen LogP contribution in [-0.2, 0) is 0 Å². The number of anilines is 1. The van der Waals surface area contributed by atoms with Crippen molar-refractivity contribution >= 4 is 23.2 Å². The number of carbonyl (C=O) groups is 1. The van der Waals surface area contributed by atoms with Crippen LogP contribution in [0.2, 0.25) is 5.02 Å². The molecule has 1 aromatic heterocycles. The fourth-order valence-corrected chi connectivity index (χ4v) is 1.73. The van der Waals surface area contributed by atoms with Gasteiger partial charge in [-0.15, -0.1) is 0 Å². The molecule has 2 rings (SSSR count). The van der Waals surface area contributed by atoms with Crippen LogP contribution >= 0.6 is 11.6 Å². The first-order chi connectivity index (χ1) is 8.61. The summed E-state index contributed by atoms with van der Waals surface area (Å²) in [5, 5.41) is 0.290. The second-order valence-electron chi connectivity index (χ2n) is 3.67. The fourth-order valence-electron chi connectivity index (χ4n) is 1.55. The third-order valence-corrected chi connectivity index (χ3v) is 2.85. The van der Waals surface area contributed by atoms with Crippen LogP contribution in [0.1, 0.15) is 10.4 Å². The molecular weight excluding hydrogens is 255 g/mol. The molecule has 3 nitrogen and oxygen atoms in total. The monoisotopic (exact) mass is 264 g/mol. The van der Waals surface area contributed by atoms with Crippen molar-refractivity contribution in [3.8, 4) is 0 Å². The molecule has 5 heteroatoms. The van der Waals surface area contributed by atoms with Gasteiger partial charge in [-0.25, -0.2) is 4.39 Å². The summed E-state index contributed by atoms with van der Waals surface area (Å²) in [7, 11) is 1.49. The topological polar surface area (TPSA) is 33.2 Å². The third kappa shape index (κ3) is 2.33. The van der Waals surface area contributed by atoms with Crippen molar-refractivity contribution in [2.45, 2.75) is 0 Å². The summed E-state index contributed by atoms with van der Waals surface area (Å²) in [6.45, 7) is 0. The molecule has 1 heterocycles. The molecule has 92 valence electrons. The van der Waals surface area contributed by atoms with Crippen LogP contribution in [0, 0.1) is 5.82 Å². The van der Waals surface area contributed by atoms with Gasteiger partial charge >= 0.3 is 0 Å². The Morgan fingerprint density at radius 1 is 1.33 bits per heavy atom. The van der Waals surface area contributed by atoms with E-state index in [-0.39, 0.29) is 16.3 Å². The number of para-hydroxylation sites is 1. The SMILES string of the molecule is CN(C(=O)c1cnccc1Cl)c1ccccc1F. The van der Waals surface area contributed by atoms with Crippen molar-refractivity contribution in [1.82, 2.24) is 4.98 Å². The number of rotatable bonds is 2. The molecular formula is C13H10ClFN2O. The first kappa shape index (κ1) is 12.5. The first-order valence-corrected chi connectivity index (χ1v) is 5.61. The summed E-state index contributed by atoms with van der Waals surface area (Å²) >= 11 is 5.91. The van der Waals surface area contributed by atoms with Crippen molar-refractivity contribution < 1.29 is 9.18 Å². The number of aromatic nitrogens is 1. The number of hydrogen-bond donors (Lipinski definition) is 0. The third-order valence-electron chi connectivity index (χ3n) is 2.52. The van der Waals surface area contributed by atoms with Gasteiger partial charge in [0, 0.05) is 19.4 Å². The van der Waals surface area contributed by atoms with Crippen LogP contribution in [0.3, 0.4) is 0 Å². The molecule has 0 spiro atoms. The average Bonchev–Trinajstić information content (AvgIpc) is 2.38. The summed E-state index contributed by atoms with van der Waals surface area (Å²) in [5.41, 5.74) is 0.437. The van der Waals surface area contributed by atoms with Crippen molar-refractivity contribution in [2.24, 2.45) is 0 Å². The van der Waals surface area contributed by atoms with Gasteiger partial charge in [-0.3, -0.25) is 9.78 Å². The fraction of sp³-hybridized carbons (Fsp3) is 0.0769. The lowest BCUT2D eigenvalue weighted by Crippen LogP contribution is -2.27. The maximum absolute atomic E-state index is 13.6. The minimum Gasteiger partial charge on any atom is -0.309 e. The van der Waals surface area contributed by atoms with Gasteiger partial charge in [0.05, 0.1) is 16.3 Å². The largest absolute Gasteiger partial charge is 0.309 e. The van der Waals surface area contributed by atoms with E-state index in [0.717, 1.165) is 0 Å². The summed E-state index contributed by atoms with van der Waals surface area (Å²) in [4.78, 5) is 17.2. The van der Waals surface area contributed by atoms with E-state index in [1.807, 2.05) is 0 Å². The summed E-state index contributed by atoms with van der Waals surface area (Å²) in [6.07, 6.45) is 2.85. The predicted octanol–water partition coefficient (Wildman–Crippen LogP) is 3.15. The van der Waals surface area contributed by atoms with E-state index >= 15 is 0 Å². The molecule has 0 fully saturated rings. The molecule has 0 aliphatic carbocycles. The molecule has 0 saturated carbocycles. The Morgan fingerprint density at radius 3 is 2.72 bits per heavy atom. The van der Waals surface area contributed by atoms with Crippen LogP contribution < -0.4 is 4.90 Å². The normalized spacial score (nSPS) is 10.2. The van der Waals surface area contributed by atoms with Gasteiger partial charge in [-0.05, 0) is 18.2 Å². The number of nitrogens with zero attached hydrogens (tertiary/aromatic N) is 2. The van der Waals surface area contributed by atoms with Crippen LogP contribution in [0.25, 0.3) is 0 Å². The molecule has 0 unspecified atom stereocenters. The van der Waals surface area contributed by atoms with Gasteiger partial charge in [0.2, 0.25) is 0 Å². The molecule has 0 atom stereocenters. The summed E-state index contributed by atoms with van der Waals surface area (Å²) in [5.74, 6) is -0.869. The van der Waals surface area contributed by atoms with E-state index in [0.29, 0.717) is 0 Å². The zero-order chi connectivity index (χ0) is 13.1. The molecule has 0 aliphatic rings. The van der Waals surface area contributed by atoms with Crippen LogP contribution in [0.5, 0.6) is 0 Å². The highest BCUT2D eigenvalue weighted by atomic mass is 35.5. The standard InChI is InChI=1S/C13H10ClFN2O/c1-17(12-5-3-2-4-11(12)15)13(18)9-8-16-7-6-10(9)14/h2-8H,1H3. The van der Waals surface area contributed by atoms with Crippen molar-refractivity contribution in [3.63, 3.8) is 0 Å². The highest BCUT2D eigenvalue weighted by Crippen LogP contribution is 2.22. The van der Waals surface area contributed by atoms with E-state index in [9.17, 15) is 9.18 Å². The number of benzene rings is 1. The molecule has 0 saturated heterocycles. The van der Waals surface area contributed by atoms with Crippen molar-refractivity contribution in [3.05, 3.63) is 59.1 Å². The van der Waals surface area contributed by atoms with Gasteiger partial charge in [0.25, 0.3) is 5.91 Å². The second-order valence-corrected chi connectivity index (χ2v) is 4.08. The van der Waals surface area contributed by atoms with Crippen LogP contribution in [-0.4, -0.2) is 17.9 Å².